The van der Waals surface area contributed by atoms with E-state index in [1.54, 1.807) is 34.8 Å². The van der Waals surface area contributed by atoms with E-state index < -0.39 is 0 Å². The Bertz CT molecular complexity index is 930. The minimum atomic E-state index is -0.232. The van der Waals surface area contributed by atoms with Gasteiger partial charge in [0.05, 0.1) is 18.0 Å². The van der Waals surface area contributed by atoms with E-state index in [1.165, 1.54) is 31.4 Å². The summed E-state index contributed by atoms with van der Waals surface area (Å²) in [6, 6.07) is 11.0. The van der Waals surface area contributed by atoms with Crippen LogP contribution >= 0.6 is 22.7 Å². The summed E-state index contributed by atoms with van der Waals surface area (Å²) in [6.45, 7) is 0. The van der Waals surface area contributed by atoms with Crippen LogP contribution < -0.4 is 4.80 Å². The molecule has 0 spiro atoms. The number of hydrogen-bond donors (Lipinski definition) is 0. The normalized spacial score (nSPS) is 16.6. The molecule has 1 saturated carbocycles. The maximum atomic E-state index is 13.3. The zero-order valence-corrected chi connectivity index (χ0v) is 16.0. The van der Waals surface area contributed by atoms with Crippen LogP contribution in [-0.4, -0.2) is 16.9 Å². The van der Waals surface area contributed by atoms with Gasteiger partial charge in [-0.15, -0.1) is 22.7 Å². The molecule has 1 fully saturated rings. The van der Waals surface area contributed by atoms with Crippen molar-refractivity contribution in [2.24, 2.45) is 10.1 Å². The third-order valence-electron chi connectivity index (χ3n) is 4.54. The van der Waals surface area contributed by atoms with Crippen LogP contribution in [0.25, 0.3) is 11.3 Å². The summed E-state index contributed by atoms with van der Waals surface area (Å²) in [5.41, 5.74) is 1.88. The van der Waals surface area contributed by atoms with Crippen molar-refractivity contribution < 1.29 is 4.39 Å². The topological polar surface area (TPSA) is 29.6 Å². The smallest absolute Gasteiger partial charge is 0.206 e. The number of benzene rings is 1. The van der Waals surface area contributed by atoms with Crippen LogP contribution in [0, 0.1) is 5.82 Å². The van der Waals surface area contributed by atoms with Crippen LogP contribution in [0.5, 0.6) is 0 Å². The van der Waals surface area contributed by atoms with Gasteiger partial charge in [0.15, 0.2) is 0 Å². The predicted molar refractivity (Wildman–Crippen MR) is 107 cm³/mol. The maximum absolute atomic E-state index is 13.3. The van der Waals surface area contributed by atoms with Crippen molar-refractivity contribution in [1.29, 1.82) is 0 Å². The highest BCUT2D eigenvalue weighted by Gasteiger charge is 2.14. The molecule has 2 heterocycles. The van der Waals surface area contributed by atoms with Gasteiger partial charge in [0, 0.05) is 15.8 Å². The lowest BCUT2D eigenvalue weighted by Gasteiger charge is -2.16. The first-order valence-electron chi connectivity index (χ1n) is 8.88. The zero-order valence-electron chi connectivity index (χ0n) is 14.3. The van der Waals surface area contributed by atoms with Crippen molar-refractivity contribution in [3.8, 4) is 11.3 Å². The fourth-order valence-corrected chi connectivity index (χ4v) is 4.65. The maximum Gasteiger partial charge on any atom is 0.206 e. The quantitative estimate of drug-likeness (QED) is 0.528. The van der Waals surface area contributed by atoms with Gasteiger partial charge in [-0.3, -0.25) is 4.99 Å². The predicted octanol–water partition coefficient (Wildman–Crippen LogP) is 5.53. The van der Waals surface area contributed by atoms with Crippen LogP contribution in [0.4, 0.5) is 4.39 Å². The van der Waals surface area contributed by atoms with E-state index in [9.17, 15) is 4.39 Å². The number of thiophene rings is 1. The molecule has 1 aliphatic carbocycles. The van der Waals surface area contributed by atoms with E-state index in [2.05, 4.69) is 5.38 Å². The van der Waals surface area contributed by atoms with E-state index in [0.29, 0.717) is 6.04 Å². The Kier molecular flexibility index (Phi) is 5.41. The lowest BCUT2D eigenvalue weighted by atomic mass is 9.96. The van der Waals surface area contributed by atoms with Gasteiger partial charge in [-0.25, -0.2) is 9.07 Å². The number of hydrogen-bond acceptors (Lipinski definition) is 4. The Morgan fingerprint density at radius 1 is 1.04 bits per heavy atom. The number of aromatic nitrogens is 1. The molecule has 1 aromatic carbocycles. The molecule has 0 atom stereocenters. The van der Waals surface area contributed by atoms with Crippen LogP contribution in [0.2, 0.25) is 0 Å². The molecule has 3 aromatic rings. The first-order valence-corrected chi connectivity index (χ1v) is 10.6. The molecule has 0 aliphatic heterocycles. The standard InChI is InChI=1S/C20H20FN3S2/c21-16-10-8-15(9-11-16)19-14-26-20(23-17-5-2-1-3-6-17)24(19)22-13-18-7-4-12-25-18/h4,7-14,17H,1-3,5-6H2. The summed E-state index contributed by atoms with van der Waals surface area (Å²) >= 11 is 3.25. The summed E-state index contributed by atoms with van der Waals surface area (Å²) in [7, 11) is 0. The minimum absolute atomic E-state index is 0.232. The molecule has 6 heteroatoms. The van der Waals surface area contributed by atoms with Gasteiger partial charge in [-0.2, -0.15) is 5.10 Å². The van der Waals surface area contributed by atoms with E-state index in [1.807, 2.05) is 28.4 Å². The number of thiazole rings is 1. The third kappa shape index (κ3) is 4.02. The van der Waals surface area contributed by atoms with E-state index in [4.69, 9.17) is 10.1 Å². The van der Waals surface area contributed by atoms with Crippen LogP contribution in [-0.2, 0) is 0 Å². The molecule has 3 nitrogen and oxygen atoms in total. The van der Waals surface area contributed by atoms with Gasteiger partial charge >= 0.3 is 0 Å². The lowest BCUT2D eigenvalue weighted by Crippen LogP contribution is -2.18. The van der Waals surface area contributed by atoms with Crippen LogP contribution in [0.3, 0.4) is 0 Å². The Morgan fingerprint density at radius 3 is 2.58 bits per heavy atom. The molecular weight excluding hydrogens is 365 g/mol. The second kappa shape index (κ2) is 8.10. The Morgan fingerprint density at radius 2 is 1.85 bits per heavy atom. The van der Waals surface area contributed by atoms with Crippen molar-refractivity contribution in [2.45, 2.75) is 38.1 Å². The summed E-state index contributed by atoms with van der Waals surface area (Å²) in [5.74, 6) is -0.232. The highest BCUT2D eigenvalue weighted by molar-refractivity contribution is 7.11. The molecule has 4 rings (SSSR count). The van der Waals surface area contributed by atoms with Crippen molar-refractivity contribution in [3.05, 3.63) is 62.7 Å². The second-order valence-corrected chi connectivity index (χ2v) is 8.22. The molecule has 1 aliphatic rings. The Balaban J connectivity index is 1.76. The summed E-state index contributed by atoms with van der Waals surface area (Å²) < 4.78 is 15.2. The van der Waals surface area contributed by atoms with Gasteiger partial charge in [-0.05, 0) is 48.6 Å². The fraction of sp³-hybridized carbons (Fsp3) is 0.300. The van der Waals surface area contributed by atoms with Gasteiger partial charge in [0.1, 0.15) is 5.82 Å². The largest absolute Gasteiger partial charge is 0.254 e. The molecular formula is C20H20FN3S2. The fourth-order valence-electron chi connectivity index (χ4n) is 3.16. The van der Waals surface area contributed by atoms with Crippen molar-refractivity contribution >= 4 is 28.9 Å². The van der Waals surface area contributed by atoms with Gasteiger partial charge in [0.2, 0.25) is 4.80 Å². The first-order chi connectivity index (χ1) is 12.8. The van der Waals surface area contributed by atoms with Crippen LogP contribution in [0.1, 0.15) is 37.0 Å². The third-order valence-corrected chi connectivity index (χ3v) is 6.17. The van der Waals surface area contributed by atoms with Crippen LogP contribution in [0.15, 0.2) is 57.3 Å². The minimum Gasteiger partial charge on any atom is -0.254 e. The molecule has 0 saturated heterocycles. The number of nitrogens with zero attached hydrogens (tertiary/aromatic N) is 3. The van der Waals surface area contributed by atoms with Gasteiger partial charge < -0.3 is 0 Å². The van der Waals surface area contributed by atoms with E-state index >= 15 is 0 Å². The highest BCUT2D eigenvalue weighted by Crippen LogP contribution is 2.23. The summed E-state index contributed by atoms with van der Waals surface area (Å²) in [5, 5.41) is 8.79. The van der Waals surface area contributed by atoms with Crippen molar-refractivity contribution in [3.63, 3.8) is 0 Å². The Hall–Kier alpha value is -2.05. The second-order valence-electron chi connectivity index (χ2n) is 6.40. The Labute approximate surface area is 160 Å². The van der Waals surface area contributed by atoms with Gasteiger partial charge in [0.25, 0.3) is 0 Å². The average molecular weight is 386 g/mol. The summed E-state index contributed by atoms with van der Waals surface area (Å²) in [4.78, 5) is 6.98. The number of halogens is 1. The van der Waals surface area contributed by atoms with Crippen molar-refractivity contribution in [2.75, 3.05) is 0 Å². The molecule has 26 heavy (non-hydrogen) atoms. The lowest BCUT2D eigenvalue weighted by molar-refractivity contribution is 0.435. The summed E-state index contributed by atoms with van der Waals surface area (Å²) in [6.07, 6.45) is 7.99. The van der Waals surface area contributed by atoms with E-state index in [0.717, 1.165) is 33.8 Å². The SMILES string of the molecule is Fc1ccc(-c2csc(=NC3CCCCC3)n2N=Cc2cccs2)cc1. The molecule has 134 valence electrons. The molecule has 0 amide bonds. The van der Waals surface area contributed by atoms with Gasteiger partial charge in [-0.1, -0.05) is 25.3 Å². The number of rotatable bonds is 4. The van der Waals surface area contributed by atoms with E-state index in [-0.39, 0.29) is 5.82 Å². The van der Waals surface area contributed by atoms with Crippen molar-refractivity contribution in [1.82, 2.24) is 4.68 Å². The molecule has 0 bridgehead atoms. The molecule has 0 radical (unpaired) electrons. The molecule has 2 aromatic heterocycles. The molecule has 0 N–H and O–H groups in total. The monoisotopic (exact) mass is 385 g/mol. The highest BCUT2D eigenvalue weighted by atomic mass is 32.1. The zero-order chi connectivity index (χ0) is 17.8. The molecule has 0 unspecified atom stereocenters. The first kappa shape index (κ1) is 17.4. The average Bonchev–Trinajstić information content (AvgIpc) is 3.32.